The number of nitrogens with one attached hydrogen (secondary N) is 1. The molecule has 0 aromatic carbocycles. The average Bonchev–Trinajstić information content (AvgIpc) is 2.24. The van der Waals surface area contributed by atoms with Crippen LogP contribution in [0.3, 0.4) is 0 Å². The SMILES string of the molecule is CS(=O)CCCNc1ncccc1C(N)=O. The fraction of sp³-hybridized carbons (Fsp3) is 0.400. The number of carbonyl (C=O) groups excluding carboxylic acids is 1. The molecule has 1 rings (SSSR count). The van der Waals surface area contributed by atoms with E-state index in [0.717, 1.165) is 6.42 Å². The van der Waals surface area contributed by atoms with E-state index >= 15 is 0 Å². The molecule has 0 aliphatic carbocycles. The molecule has 1 atom stereocenters. The molecule has 6 heteroatoms. The Kier molecular flexibility index (Phi) is 4.91. The molecule has 1 aromatic heterocycles. The molecule has 0 saturated heterocycles. The molecule has 0 aliphatic rings. The second-order valence-electron chi connectivity index (χ2n) is 3.32. The van der Waals surface area contributed by atoms with Crippen LogP contribution in [0.2, 0.25) is 0 Å². The van der Waals surface area contributed by atoms with Gasteiger partial charge in [0, 0.05) is 35.5 Å². The number of carbonyl (C=O) groups is 1. The van der Waals surface area contributed by atoms with Crippen molar-refractivity contribution in [3.8, 4) is 0 Å². The Bertz CT molecular complexity index is 395. The molecule has 0 spiro atoms. The Morgan fingerprint density at radius 3 is 3.00 bits per heavy atom. The van der Waals surface area contributed by atoms with E-state index in [9.17, 15) is 9.00 Å². The van der Waals surface area contributed by atoms with Gasteiger partial charge in [-0.3, -0.25) is 9.00 Å². The molecular formula is C10H15N3O2S. The van der Waals surface area contributed by atoms with Crippen molar-refractivity contribution >= 4 is 22.5 Å². The quantitative estimate of drug-likeness (QED) is 0.704. The summed E-state index contributed by atoms with van der Waals surface area (Å²) >= 11 is 0. The monoisotopic (exact) mass is 241 g/mol. The maximum atomic E-state index is 11.1. The third-order valence-corrected chi connectivity index (χ3v) is 2.84. The van der Waals surface area contributed by atoms with Crippen LogP contribution in [-0.4, -0.2) is 33.7 Å². The fourth-order valence-electron chi connectivity index (χ4n) is 1.23. The van der Waals surface area contributed by atoms with Crippen LogP contribution in [0.1, 0.15) is 16.8 Å². The number of hydrogen-bond acceptors (Lipinski definition) is 4. The molecule has 0 saturated carbocycles. The van der Waals surface area contributed by atoms with Crippen LogP contribution in [0.25, 0.3) is 0 Å². The van der Waals surface area contributed by atoms with Crippen LogP contribution in [0.4, 0.5) is 5.82 Å². The van der Waals surface area contributed by atoms with Gasteiger partial charge in [0.15, 0.2) is 0 Å². The number of hydrogen-bond donors (Lipinski definition) is 2. The maximum absolute atomic E-state index is 11.1. The second kappa shape index (κ2) is 6.22. The highest BCUT2D eigenvalue weighted by Gasteiger charge is 2.07. The normalized spacial score (nSPS) is 12.1. The lowest BCUT2D eigenvalue weighted by Crippen LogP contribution is -2.16. The zero-order valence-electron chi connectivity index (χ0n) is 9.10. The average molecular weight is 241 g/mol. The van der Waals surface area contributed by atoms with Crippen LogP contribution in [0, 0.1) is 0 Å². The summed E-state index contributed by atoms with van der Waals surface area (Å²) < 4.78 is 10.8. The van der Waals surface area contributed by atoms with Gasteiger partial charge in [-0.05, 0) is 18.6 Å². The topological polar surface area (TPSA) is 85.1 Å². The van der Waals surface area contributed by atoms with Crippen molar-refractivity contribution in [2.75, 3.05) is 23.9 Å². The minimum Gasteiger partial charge on any atom is -0.369 e. The van der Waals surface area contributed by atoms with Gasteiger partial charge in [0.2, 0.25) is 0 Å². The van der Waals surface area contributed by atoms with Crippen LogP contribution in [0.15, 0.2) is 18.3 Å². The van der Waals surface area contributed by atoms with Gasteiger partial charge in [0.1, 0.15) is 5.82 Å². The number of pyridine rings is 1. The second-order valence-corrected chi connectivity index (χ2v) is 4.88. The lowest BCUT2D eigenvalue weighted by molar-refractivity contribution is 0.100. The zero-order valence-corrected chi connectivity index (χ0v) is 9.92. The van der Waals surface area contributed by atoms with Crippen molar-refractivity contribution in [1.29, 1.82) is 0 Å². The predicted molar refractivity (Wildman–Crippen MR) is 64.8 cm³/mol. The van der Waals surface area contributed by atoms with Gasteiger partial charge in [-0.25, -0.2) is 4.98 Å². The van der Waals surface area contributed by atoms with E-state index in [0.29, 0.717) is 23.7 Å². The molecule has 0 fully saturated rings. The van der Waals surface area contributed by atoms with Crippen molar-refractivity contribution in [2.45, 2.75) is 6.42 Å². The van der Waals surface area contributed by atoms with Gasteiger partial charge in [0.25, 0.3) is 5.91 Å². The van der Waals surface area contributed by atoms with Gasteiger partial charge < -0.3 is 11.1 Å². The Morgan fingerprint density at radius 2 is 2.38 bits per heavy atom. The molecule has 1 aromatic rings. The van der Waals surface area contributed by atoms with E-state index < -0.39 is 16.7 Å². The summed E-state index contributed by atoms with van der Waals surface area (Å²) in [6.07, 6.45) is 4.01. The van der Waals surface area contributed by atoms with Gasteiger partial charge in [0.05, 0.1) is 5.56 Å². The van der Waals surface area contributed by atoms with E-state index in [1.54, 1.807) is 24.6 Å². The summed E-state index contributed by atoms with van der Waals surface area (Å²) in [6.45, 7) is 0.622. The van der Waals surface area contributed by atoms with Crippen LogP contribution in [0.5, 0.6) is 0 Å². The number of anilines is 1. The van der Waals surface area contributed by atoms with E-state index in [1.807, 2.05) is 0 Å². The Balaban J connectivity index is 2.53. The summed E-state index contributed by atoms with van der Waals surface area (Å²) in [5.74, 6) is 0.609. The van der Waals surface area contributed by atoms with E-state index in [-0.39, 0.29) is 0 Å². The predicted octanol–water partition coefficient (Wildman–Crippen LogP) is 0.361. The molecule has 0 aliphatic heterocycles. The molecule has 3 N–H and O–H groups in total. The van der Waals surface area contributed by atoms with Crippen LogP contribution in [-0.2, 0) is 10.8 Å². The summed E-state index contributed by atoms with van der Waals surface area (Å²) in [4.78, 5) is 15.1. The van der Waals surface area contributed by atoms with Gasteiger partial charge >= 0.3 is 0 Å². The molecule has 16 heavy (non-hydrogen) atoms. The van der Waals surface area contributed by atoms with Gasteiger partial charge in [-0.15, -0.1) is 0 Å². The van der Waals surface area contributed by atoms with Crippen LogP contribution >= 0.6 is 0 Å². The minimum atomic E-state index is -0.790. The summed E-state index contributed by atoms with van der Waals surface area (Å²) in [7, 11) is -0.790. The highest BCUT2D eigenvalue weighted by atomic mass is 32.2. The molecule has 5 nitrogen and oxygen atoms in total. The molecular weight excluding hydrogens is 226 g/mol. The summed E-state index contributed by atoms with van der Waals surface area (Å²) in [5, 5.41) is 3.00. The Hall–Kier alpha value is -1.43. The number of nitrogens with two attached hydrogens (primary N) is 1. The smallest absolute Gasteiger partial charge is 0.252 e. The Morgan fingerprint density at radius 1 is 1.62 bits per heavy atom. The summed E-state index contributed by atoms with van der Waals surface area (Å²) in [6, 6.07) is 3.28. The molecule has 1 heterocycles. The summed E-state index contributed by atoms with van der Waals surface area (Å²) in [5.41, 5.74) is 5.57. The standard InChI is InChI=1S/C10H15N3O2S/c1-16(15)7-3-6-13-10-8(9(11)14)4-2-5-12-10/h2,4-5H,3,6-7H2,1H3,(H2,11,14)(H,12,13). The highest BCUT2D eigenvalue weighted by Crippen LogP contribution is 2.09. The van der Waals surface area contributed by atoms with Crippen molar-refractivity contribution in [1.82, 2.24) is 4.98 Å². The van der Waals surface area contributed by atoms with E-state index in [4.69, 9.17) is 5.73 Å². The molecule has 0 bridgehead atoms. The fourth-order valence-corrected chi connectivity index (χ4v) is 1.78. The van der Waals surface area contributed by atoms with Gasteiger partial charge in [-0.2, -0.15) is 0 Å². The van der Waals surface area contributed by atoms with Crippen molar-refractivity contribution < 1.29 is 9.00 Å². The largest absolute Gasteiger partial charge is 0.369 e. The number of amides is 1. The van der Waals surface area contributed by atoms with E-state index in [1.165, 1.54) is 0 Å². The third kappa shape index (κ3) is 3.98. The highest BCUT2D eigenvalue weighted by molar-refractivity contribution is 7.84. The molecule has 1 unspecified atom stereocenters. The first kappa shape index (κ1) is 12.6. The number of aromatic nitrogens is 1. The first-order valence-corrected chi connectivity index (χ1v) is 6.62. The van der Waals surface area contributed by atoms with Crippen molar-refractivity contribution in [3.05, 3.63) is 23.9 Å². The minimum absolute atomic E-state index is 0.375. The maximum Gasteiger partial charge on any atom is 0.252 e. The van der Waals surface area contributed by atoms with Crippen LogP contribution < -0.4 is 11.1 Å². The van der Waals surface area contributed by atoms with Crippen molar-refractivity contribution in [3.63, 3.8) is 0 Å². The zero-order chi connectivity index (χ0) is 12.0. The molecule has 1 amide bonds. The Labute approximate surface area is 96.9 Å². The van der Waals surface area contributed by atoms with Gasteiger partial charge in [-0.1, -0.05) is 0 Å². The number of rotatable bonds is 6. The first-order valence-electron chi connectivity index (χ1n) is 4.90. The third-order valence-electron chi connectivity index (χ3n) is 1.97. The molecule has 88 valence electrons. The lowest BCUT2D eigenvalue weighted by Gasteiger charge is -2.07. The first-order chi connectivity index (χ1) is 7.61. The number of nitrogens with zero attached hydrogens (tertiary/aromatic N) is 1. The molecule has 0 radical (unpaired) electrons. The lowest BCUT2D eigenvalue weighted by atomic mass is 10.2. The number of primary amides is 1. The van der Waals surface area contributed by atoms with Crippen molar-refractivity contribution in [2.24, 2.45) is 5.73 Å². The van der Waals surface area contributed by atoms with E-state index in [2.05, 4.69) is 10.3 Å².